The molecule has 27 heavy (non-hydrogen) atoms. The van der Waals surface area contributed by atoms with Crippen LogP contribution in [0.4, 0.5) is 5.69 Å². The number of unbranched alkanes of at least 4 members (excludes halogenated alkanes) is 2. The molecule has 0 heterocycles. The summed E-state index contributed by atoms with van der Waals surface area (Å²) in [7, 11) is 0. The van der Waals surface area contributed by atoms with E-state index < -0.39 is 0 Å². The molecule has 4 heteroatoms. The summed E-state index contributed by atoms with van der Waals surface area (Å²) in [6, 6.07) is 11.9. The number of rotatable bonds is 10. The summed E-state index contributed by atoms with van der Waals surface area (Å²) in [5.74, 6) is -0.548. The predicted octanol–water partition coefficient (Wildman–Crippen LogP) is 5.23. The average molecular weight is 367 g/mol. The van der Waals surface area contributed by atoms with Gasteiger partial charge in [0.1, 0.15) is 5.75 Å². The number of anilines is 1. The molecule has 0 spiro atoms. The third-order valence-electron chi connectivity index (χ3n) is 4.71. The van der Waals surface area contributed by atoms with Crippen molar-refractivity contribution in [2.75, 3.05) is 18.0 Å². The highest BCUT2D eigenvalue weighted by Crippen LogP contribution is 2.28. The maximum atomic E-state index is 12.9. The molecular weight excluding hydrogens is 338 g/mol. The first-order chi connectivity index (χ1) is 13.0. The van der Waals surface area contributed by atoms with Gasteiger partial charge in [-0.15, -0.1) is 0 Å². The molecule has 4 nitrogen and oxygen atoms in total. The van der Waals surface area contributed by atoms with E-state index in [4.69, 9.17) is 0 Å². The highest BCUT2D eigenvalue weighted by molar-refractivity contribution is 6.16. The monoisotopic (exact) mass is 367 g/mol. The molecule has 2 rings (SSSR count). The Morgan fingerprint density at radius 2 is 1.48 bits per heavy atom. The lowest BCUT2D eigenvalue weighted by atomic mass is 9.95. The van der Waals surface area contributed by atoms with E-state index >= 15 is 0 Å². The van der Waals surface area contributed by atoms with Gasteiger partial charge in [0.15, 0.2) is 11.6 Å². The lowest BCUT2D eigenvalue weighted by Crippen LogP contribution is -2.25. The van der Waals surface area contributed by atoms with Crippen LogP contribution >= 0.6 is 0 Å². The van der Waals surface area contributed by atoms with Crippen LogP contribution in [0.2, 0.25) is 0 Å². The fourth-order valence-electron chi connectivity index (χ4n) is 3.11. The van der Waals surface area contributed by atoms with Gasteiger partial charge in [-0.05, 0) is 31.9 Å². The van der Waals surface area contributed by atoms with E-state index in [9.17, 15) is 14.7 Å². The molecule has 1 N–H and O–H groups in total. The Balaban J connectivity index is 2.32. The number of benzene rings is 2. The van der Waals surface area contributed by atoms with Crippen molar-refractivity contribution >= 4 is 17.3 Å². The predicted molar refractivity (Wildman–Crippen MR) is 110 cm³/mol. The summed E-state index contributed by atoms with van der Waals surface area (Å²) in [4.78, 5) is 27.0. The number of Topliss-reactive ketones (excluding diaryl/α,β-unsaturated/α-hetero) is 1. The van der Waals surface area contributed by atoms with Gasteiger partial charge in [0, 0.05) is 36.0 Å². The van der Waals surface area contributed by atoms with Crippen molar-refractivity contribution in [1.82, 2.24) is 0 Å². The molecule has 0 aliphatic rings. The van der Waals surface area contributed by atoms with E-state index in [1.54, 1.807) is 36.4 Å². The largest absolute Gasteiger partial charge is 0.507 e. The summed E-state index contributed by atoms with van der Waals surface area (Å²) in [5.41, 5.74) is 1.84. The number of hydrogen-bond donors (Lipinski definition) is 1. The van der Waals surface area contributed by atoms with Crippen molar-refractivity contribution in [3.8, 4) is 5.75 Å². The molecule has 2 aromatic carbocycles. The van der Waals surface area contributed by atoms with Crippen LogP contribution in [0.1, 0.15) is 72.7 Å². The summed E-state index contributed by atoms with van der Waals surface area (Å²) < 4.78 is 0. The van der Waals surface area contributed by atoms with Crippen molar-refractivity contribution < 1.29 is 14.7 Å². The zero-order chi connectivity index (χ0) is 19.8. The molecule has 0 saturated heterocycles. The first kappa shape index (κ1) is 20.7. The molecule has 0 bridgehead atoms. The number of phenols is 1. The number of ketones is 2. The molecule has 2 aromatic rings. The Morgan fingerprint density at radius 1 is 0.889 bits per heavy atom. The normalized spacial score (nSPS) is 10.6. The summed E-state index contributed by atoms with van der Waals surface area (Å²) in [6.45, 7) is 7.61. The zero-order valence-corrected chi connectivity index (χ0v) is 16.5. The number of hydrogen-bond acceptors (Lipinski definition) is 4. The summed E-state index contributed by atoms with van der Waals surface area (Å²) in [6.07, 6.45) is 4.37. The summed E-state index contributed by atoms with van der Waals surface area (Å²) >= 11 is 0. The minimum Gasteiger partial charge on any atom is -0.507 e. The Labute approximate surface area is 161 Å². The van der Waals surface area contributed by atoms with Gasteiger partial charge in [-0.25, -0.2) is 0 Å². The standard InChI is InChI=1S/C23H29NO3/c1-4-6-14-24(15-7-5-2)18-12-13-21(22(26)16-18)23(27)20-11-9-8-10-19(20)17(3)25/h8-13,16,26H,4-7,14-15H2,1-3H3. The van der Waals surface area contributed by atoms with E-state index in [1.165, 1.54) is 6.92 Å². The van der Waals surface area contributed by atoms with E-state index in [2.05, 4.69) is 18.7 Å². The third-order valence-corrected chi connectivity index (χ3v) is 4.71. The first-order valence-corrected chi connectivity index (χ1v) is 9.72. The molecule has 0 aromatic heterocycles. The van der Waals surface area contributed by atoms with Gasteiger partial charge in [-0.1, -0.05) is 51.0 Å². The Bertz CT molecular complexity index is 790. The molecule has 0 aliphatic carbocycles. The van der Waals surface area contributed by atoms with E-state index in [-0.39, 0.29) is 22.9 Å². The number of aromatic hydroxyl groups is 1. The minimum absolute atomic E-state index is 0.0474. The van der Waals surface area contributed by atoms with Crippen molar-refractivity contribution in [1.29, 1.82) is 0 Å². The average Bonchev–Trinajstić information content (AvgIpc) is 2.67. The molecule has 0 fully saturated rings. The Kier molecular flexibility index (Phi) is 7.59. The van der Waals surface area contributed by atoms with Crippen molar-refractivity contribution in [2.45, 2.75) is 46.5 Å². The third kappa shape index (κ3) is 5.19. The highest BCUT2D eigenvalue weighted by Gasteiger charge is 2.19. The summed E-state index contributed by atoms with van der Waals surface area (Å²) in [5, 5.41) is 10.5. The van der Waals surface area contributed by atoms with Gasteiger partial charge in [-0.3, -0.25) is 9.59 Å². The number of carbonyl (C=O) groups excluding carboxylic acids is 2. The van der Waals surface area contributed by atoms with Crippen LogP contribution in [0.15, 0.2) is 42.5 Å². The Morgan fingerprint density at radius 3 is 2.00 bits per heavy atom. The molecule has 0 amide bonds. The zero-order valence-electron chi connectivity index (χ0n) is 16.5. The lowest BCUT2D eigenvalue weighted by molar-refractivity contribution is 0.0989. The fourth-order valence-corrected chi connectivity index (χ4v) is 3.11. The minimum atomic E-state index is -0.335. The van der Waals surface area contributed by atoms with Crippen LogP contribution in [0.5, 0.6) is 5.75 Å². The van der Waals surface area contributed by atoms with E-state index in [0.29, 0.717) is 11.1 Å². The van der Waals surface area contributed by atoms with Gasteiger partial charge < -0.3 is 10.0 Å². The Hall–Kier alpha value is -2.62. The van der Waals surface area contributed by atoms with E-state index in [1.807, 2.05) is 6.07 Å². The molecule has 0 atom stereocenters. The SMILES string of the molecule is CCCCN(CCCC)c1ccc(C(=O)c2ccccc2C(C)=O)c(O)c1. The van der Waals surface area contributed by atoms with Crippen molar-refractivity contribution in [2.24, 2.45) is 0 Å². The van der Waals surface area contributed by atoms with Crippen LogP contribution in [-0.2, 0) is 0 Å². The topological polar surface area (TPSA) is 57.6 Å². The van der Waals surface area contributed by atoms with Gasteiger partial charge in [-0.2, -0.15) is 0 Å². The second-order valence-corrected chi connectivity index (χ2v) is 6.83. The molecule has 0 aliphatic heterocycles. The number of phenolic OH excluding ortho intramolecular Hbond substituents is 1. The lowest BCUT2D eigenvalue weighted by Gasteiger charge is -2.25. The van der Waals surface area contributed by atoms with Crippen LogP contribution in [0.25, 0.3) is 0 Å². The number of nitrogens with zero attached hydrogens (tertiary/aromatic N) is 1. The molecule has 144 valence electrons. The molecule has 0 unspecified atom stereocenters. The molecule has 0 radical (unpaired) electrons. The van der Waals surface area contributed by atoms with Crippen molar-refractivity contribution in [3.05, 3.63) is 59.2 Å². The van der Waals surface area contributed by atoms with Gasteiger partial charge in [0.05, 0.1) is 5.56 Å². The fraction of sp³-hybridized carbons (Fsp3) is 0.391. The van der Waals surface area contributed by atoms with Gasteiger partial charge in [0.25, 0.3) is 0 Å². The first-order valence-electron chi connectivity index (χ1n) is 9.72. The van der Waals surface area contributed by atoms with Crippen LogP contribution in [-0.4, -0.2) is 29.8 Å². The van der Waals surface area contributed by atoms with Crippen LogP contribution in [0.3, 0.4) is 0 Å². The van der Waals surface area contributed by atoms with Crippen LogP contribution < -0.4 is 4.90 Å². The van der Waals surface area contributed by atoms with E-state index in [0.717, 1.165) is 44.5 Å². The maximum Gasteiger partial charge on any atom is 0.197 e. The smallest absolute Gasteiger partial charge is 0.197 e. The second-order valence-electron chi connectivity index (χ2n) is 6.83. The maximum absolute atomic E-state index is 12.9. The quantitative estimate of drug-likeness (QED) is 0.584. The number of carbonyl (C=O) groups is 2. The van der Waals surface area contributed by atoms with Crippen molar-refractivity contribution in [3.63, 3.8) is 0 Å². The molecule has 0 saturated carbocycles. The van der Waals surface area contributed by atoms with Crippen LogP contribution in [0, 0.1) is 0 Å². The highest BCUT2D eigenvalue weighted by atomic mass is 16.3. The molecular formula is C23H29NO3. The van der Waals surface area contributed by atoms with Gasteiger partial charge in [0.2, 0.25) is 0 Å². The van der Waals surface area contributed by atoms with Gasteiger partial charge >= 0.3 is 0 Å². The second kappa shape index (κ2) is 9.91.